The normalized spacial score (nSPS) is 20.9. The number of carboxylic acid groups (broad SMARTS) is 1. The molecule has 46 heavy (non-hydrogen) atoms. The molecular formula is C33H46FN6O6. The predicted octanol–water partition coefficient (Wildman–Crippen LogP) is 3.05. The number of rotatable bonds is 10. The number of nitrogens with two attached hydrogens (primary N) is 1. The van der Waals surface area contributed by atoms with E-state index in [2.05, 4.69) is 5.32 Å². The van der Waals surface area contributed by atoms with Crippen LogP contribution in [0.3, 0.4) is 0 Å². The summed E-state index contributed by atoms with van der Waals surface area (Å²) in [6, 6.07) is 2.14. The Labute approximate surface area is 268 Å². The fourth-order valence-corrected chi connectivity index (χ4v) is 7.23. The van der Waals surface area contributed by atoms with Gasteiger partial charge in [0, 0.05) is 67.3 Å². The van der Waals surface area contributed by atoms with Gasteiger partial charge in [-0.1, -0.05) is 0 Å². The smallest absolute Gasteiger partial charge is 0.341 e. The molecule has 2 amide bonds. The van der Waals surface area contributed by atoms with Crippen molar-refractivity contribution >= 4 is 34.4 Å². The van der Waals surface area contributed by atoms with E-state index in [0.29, 0.717) is 76.0 Å². The van der Waals surface area contributed by atoms with Gasteiger partial charge in [-0.3, -0.25) is 14.4 Å². The van der Waals surface area contributed by atoms with Crippen molar-refractivity contribution in [3.8, 4) is 0 Å². The summed E-state index contributed by atoms with van der Waals surface area (Å²) >= 11 is 0. The van der Waals surface area contributed by atoms with Crippen LogP contribution < -0.4 is 21.4 Å². The number of hydrogen-bond donors (Lipinski definition) is 3. The van der Waals surface area contributed by atoms with E-state index in [1.807, 2.05) is 32.6 Å². The number of carbonyl (C=O) groups is 3. The number of aromatic nitrogens is 1. The maximum atomic E-state index is 15.3. The number of benzene rings is 1. The number of piperazine rings is 1. The van der Waals surface area contributed by atoms with Gasteiger partial charge in [0.2, 0.25) is 17.2 Å². The largest absolute Gasteiger partial charge is 0.477 e. The Bertz CT molecular complexity index is 1540. The highest BCUT2D eigenvalue weighted by Crippen LogP contribution is 2.40. The monoisotopic (exact) mass is 641 g/mol. The first-order chi connectivity index (χ1) is 21.6. The zero-order valence-corrected chi connectivity index (χ0v) is 27.2. The third-order valence-corrected chi connectivity index (χ3v) is 9.72. The van der Waals surface area contributed by atoms with E-state index >= 15 is 4.39 Å². The molecule has 4 N–H and O–H groups in total. The number of anilines is 1. The molecule has 12 nitrogen and oxygen atoms in total. The second-order valence-corrected chi connectivity index (χ2v) is 14.4. The first-order valence-corrected chi connectivity index (χ1v) is 16.3. The average molecular weight is 642 g/mol. The first kappa shape index (κ1) is 33.8. The molecule has 3 aliphatic rings. The number of hydrogen-bond acceptors (Lipinski definition) is 7. The van der Waals surface area contributed by atoms with Crippen LogP contribution >= 0.6 is 0 Å². The predicted molar refractivity (Wildman–Crippen MR) is 170 cm³/mol. The summed E-state index contributed by atoms with van der Waals surface area (Å²) < 4.78 is 17.1. The van der Waals surface area contributed by atoms with E-state index in [4.69, 9.17) is 5.73 Å². The number of unbranched alkanes of at least 4 members (excludes halogenated alkanes) is 1. The van der Waals surface area contributed by atoms with Gasteiger partial charge < -0.3 is 30.5 Å². The third-order valence-electron chi connectivity index (χ3n) is 9.72. The van der Waals surface area contributed by atoms with Gasteiger partial charge >= 0.3 is 5.97 Å². The number of halogens is 1. The van der Waals surface area contributed by atoms with Crippen LogP contribution in [0, 0.1) is 11.7 Å². The molecule has 0 bridgehead atoms. The fraction of sp³-hybridized carbons (Fsp3) is 0.636. The summed E-state index contributed by atoms with van der Waals surface area (Å²) in [4.78, 5) is 53.8. The SMILES string of the molecule is CC1(C)CC(C(=O)NCCCC[C@H](N)C(=O)N2CCN(c3cc4c(cc3F)c(=O)c(C(=O)O)cn4C3CC3)CC2)CC(C)(C)N1[O]. The molecule has 1 radical (unpaired) electrons. The minimum atomic E-state index is -1.33. The van der Waals surface area contributed by atoms with Gasteiger partial charge in [0.15, 0.2) is 0 Å². The van der Waals surface area contributed by atoms with Crippen LogP contribution in [0.25, 0.3) is 10.9 Å². The second-order valence-electron chi connectivity index (χ2n) is 14.4. The van der Waals surface area contributed by atoms with Crippen LogP contribution in [0.2, 0.25) is 0 Å². The van der Waals surface area contributed by atoms with Crippen molar-refractivity contribution < 1.29 is 29.1 Å². The molecule has 3 fully saturated rings. The van der Waals surface area contributed by atoms with Gasteiger partial charge in [-0.25, -0.2) is 9.18 Å². The maximum absolute atomic E-state index is 15.3. The molecule has 1 atom stereocenters. The molecule has 0 unspecified atom stereocenters. The van der Waals surface area contributed by atoms with Crippen molar-refractivity contribution in [3.63, 3.8) is 0 Å². The molecule has 1 saturated carbocycles. The molecule has 251 valence electrons. The highest BCUT2D eigenvalue weighted by atomic mass is 19.1. The zero-order valence-electron chi connectivity index (χ0n) is 27.2. The van der Waals surface area contributed by atoms with E-state index in [0.717, 1.165) is 24.0 Å². The quantitative estimate of drug-likeness (QED) is 0.334. The van der Waals surface area contributed by atoms with Crippen molar-refractivity contribution in [3.05, 3.63) is 39.9 Å². The van der Waals surface area contributed by atoms with Crippen LogP contribution in [-0.2, 0) is 14.8 Å². The Balaban J connectivity index is 1.10. The summed E-state index contributed by atoms with van der Waals surface area (Å²) in [5, 5.41) is 26.2. The molecule has 2 saturated heterocycles. The Morgan fingerprint density at radius 1 is 1.04 bits per heavy atom. The molecule has 1 aromatic heterocycles. The number of pyridine rings is 1. The summed E-state index contributed by atoms with van der Waals surface area (Å²) in [7, 11) is 0. The number of piperidine rings is 1. The lowest BCUT2D eigenvalue weighted by atomic mass is 9.75. The van der Waals surface area contributed by atoms with E-state index in [9.17, 15) is 29.5 Å². The number of hydroxylamine groups is 2. The van der Waals surface area contributed by atoms with Crippen LogP contribution in [0.5, 0.6) is 0 Å². The van der Waals surface area contributed by atoms with Crippen LogP contribution in [0.15, 0.2) is 23.1 Å². The molecule has 2 aromatic rings. The van der Waals surface area contributed by atoms with Crippen LogP contribution in [-0.4, -0.2) is 87.3 Å². The minimum Gasteiger partial charge on any atom is -0.477 e. The number of nitrogens with zero attached hydrogens (tertiary/aromatic N) is 4. The first-order valence-electron chi connectivity index (χ1n) is 16.3. The lowest BCUT2D eigenvalue weighted by Crippen LogP contribution is -2.60. The molecule has 2 aliphatic heterocycles. The molecule has 13 heteroatoms. The van der Waals surface area contributed by atoms with Crippen molar-refractivity contribution in [2.75, 3.05) is 37.6 Å². The molecule has 1 aliphatic carbocycles. The Hall–Kier alpha value is -3.55. The van der Waals surface area contributed by atoms with Gasteiger partial charge in [-0.15, -0.1) is 10.3 Å². The van der Waals surface area contributed by atoms with Gasteiger partial charge in [-0.2, -0.15) is 0 Å². The van der Waals surface area contributed by atoms with E-state index < -0.39 is 34.3 Å². The summed E-state index contributed by atoms with van der Waals surface area (Å²) in [5.41, 5.74) is 4.77. The lowest BCUT2D eigenvalue weighted by molar-refractivity contribution is -0.292. The Morgan fingerprint density at radius 2 is 1.67 bits per heavy atom. The van der Waals surface area contributed by atoms with Crippen molar-refractivity contribution in [2.24, 2.45) is 11.7 Å². The number of amides is 2. The molecular weight excluding hydrogens is 595 g/mol. The van der Waals surface area contributed by atoms with Gasteiger partial charge in [0.25, 0.3) is 0 Å². The number of aromatic carboxylic acids is 1. The van der Waals surface area contributed by atoms with Gasteiger partial charge in [-0.05, 0) is 84.8 Å². The number of carbonyl (C=O) groups excluding carboxylic acids is 2. The highest BCUT2D eigenvalue weighted by molar-refractivity contribution is 5.93. The average Bonchev–Trinajstić information content (AvgIpc) is 3.84. The van der Waals surface area contributed by atoms with E-state index in [1.165, 1.54) is 6.20 Å². The van der Waals surface area contributed by atoms with Gasteiger partial charge in [0.05, 0.1) is 17.2 Å². The van der Waals surface area contributed by atoms with Crippen LogP contribution in [0.1, 0.15) is 89.0 Å². The summed E-state index contributed by atoms with van der Waals surface area (Å²) in [6.07, 6.45) is 5.89. The molecule has 0 spiro atoms. The fourth-order valence-electron chi connectivity index (χ4n) is 7.23. The number of carboxylic acids is 1. The summed E-state index contributed by atoms with van der Waals surface area (Å²) in [6.45, 7) is 9.44. The standard InChI is InChI=1S/C33H46FN6O6/c1-32(2)17-20(18-33(3,4)40(32)46)29(42)36-10-6-5-7-25(35)30(43)38-13-11-37(12-14-38)27-16-26-22(15-24(27)34)28(41)23(31(44)45)19-39(26)21-8-9-21/h15-16,19-21,25H,5-14,17-18,35H2,1-4H3,(H,36,42)(H,44,45)/t25-/m0/s1. The highest BCUT2D eigenvalue weighted by Gasteiger charge is 2.48. The molecule has 1 aromatic carbocycles. The van der Waals surface area contributed by atoms with Crippen molar-refractivity contribution in [1.29, 1.82) is 0 Å². The molecule has 5 rings (SSSR count). The van der Waals surface area contributed by atoms with E-state index in [-0.39, 0.29) is 34.7 Å². The van der Waals surface area contributed by atoms with Gasteiger partial charge in [0.1, 0.15) is 11.4 Å². The molecule has 3 heterocycles. The second kappa shape index (κ2) is 12.9. The zero-order chi connectivity index (χ0) is 33.6. The topological polar surface area (TPSA) is 161 Å². The summed E-state index contributed by atoms with van der Waals surface area (Å²) in [5.74, 6) is -2.38. The minimum absolute atomic E-state index is 0.0452. The number of fused-ring (bicyclic) bond motifs is 1. The Morgan fingerprint density at radius 3 is 2.26 bits per heavy atom. The van der Waals surface area contributed by atoms with E-state index in [1.54, 1.807) is 15.5 Å². The van der Waals surface area contributed by atoms with Crippen molar-refractivity contribution in [1.82, 2.24) is 19.8 Å². The van der Waals surface area contributed by atoms with Crippen LogP contribution in [0.4, 0.5) is 10.1 Å². The number of nitrogens with one attached hydrogen (secondary N) is 1. The lowest BCUT2D eigenvalue weighted by Gasteiger charge is -2.49. The third kappa shape index (κ3) is 6.91. The Kier molecular flexibility index (Phi) is 9.49. The van der Waals surface area contributed by atoms with Crippen molar-refractivity contribution in [2.45, 2.75) is 95.8 Å². The maximum Gasteiger partial charge on any atom is 0.341 e.